The van der Waals surface area contributed by atoms with Crippen molar-refractivity contribution in [3.8, 4) is 0 Å². The molecule has 0 amide bonds. The lowest BCUT2D eigenvalue weighted by molar-refractivity contribution is 0.464. The lowest BCUT2D eigenvalue weighted by Gasteiger charge is -2.08. The lowest BCUT2D eigenvalue weighted by Crippen LogP contribution is -1.93. The van der Waals surface area contributed by atoms with Crippen molar-refractivity contribution in [3.05, 3.63) is 11.6 Å². The minimum absolute atomic E-state index is 0.947. The summed E-state index contributed by atoms with van der Waals surface area (Å²) in [7, 11) is 0. The highest BCUT2D eigenvalue weighted by Crippen LogP contribution is 2.21. The smallest absolute Gasteiger partial charge is 0.0320 e. The van der Waals surface area contributed by atoms with Crippen LogP contribution in [0.25, 0.3) is 0 Å². The molecule has 82 valence electrons. The molecule has 1 rings (SSSR count). The largest absolute Gasteiger partial charge is 0.0853 e. The molecule has 0 N–H and O–H groups in total. The number of rotatable bonds is 1. The molecule has 0 fully saturated rings. The van der Waals surface area contributed by atoms with Crippen LogP contribution in [0.3, 0.4) is 0 Å². The summed E-state index contributed by atoms with van der Waals surface area (Å²) in [6, 6.07) is 0. The van der Waals surface area contributed by atoms with Crippen LogP contribution in [0.5, 0.6) is 0 Å². The zero-order chi connectivity index (χ0) is 10.2. The van der Waals surface area contributed by atoms with E-state index < -0.39 is 0 Å². The molecule has 0 spiro atoms. The van der Waals surface area contributed by atoms with Crippen molar-refractivity contribution in [2.45, 2.75) is 71.6 Å². The summed E-state index contributed by atoms with van der Waals surface area (Å²) in [5.74, 6) is 0.947. The van der Waals surface area contributed by atoms with Crippen molar-refractivity contribution < 1.29 is 0 Å². The second-order valence-electron chi connectivity index (χ2n) is 4.85. The average molecular weight is 194 g/mol. The van der Waals surface area contributed by atoms with Crippen LogP contribution >= 0.6 is 0 Å². The van der Waals surface area contributed by atoms with Crippen LogP contribution in [-0.2, 0) is 0 Å². The van der Waals surface area contributed by atoms with E-state index >= 15 is 0 Å². The highest BCUT2D eigenvalue weighted by molar-refractivity contribution is 5.01. The van der Waals surface area contributed by atoms with Gasteiger partial charge in [0.25, 0.3) is 0 Å². The predicted molar refractivity (Wildman–Crippen MR) is 64.5 cm³/mol. The molecule has 1 aliphatic rings. The topological polar surface area (TPSA) is 0 Å². The zero-order valence-corrected chi connectivity index (χ0v) is 10.0. The van der Waals surface area contributed by atoms with Gasteiger partial charge in [-0.2, -0.15) is 0 Å². The molecule has 1 aliphatic carbocycles. The van der Waals surface area contributed by atoms with Crippen molar-refractivity contribution in [2.75, 3.05) is 0 Å². The van der Waals surface area contributed by atoms with Gasteiger partial charge in [-0.3, -0.25) is 0 Å². The first-order valence-corrected chi connectivity index (χ1v) is 6.50. The molecular weight excluding hydrogens is 168 g/mol. The molecule has 0 nitrogen and oxygen atoms in total. The molecule has 1 atom stereocenters. The number of hydrogen-bond donors (Lipinski definition) is 0. The maximum absolute atomic E-state index is 2.52. The second-order valence-corrected chi connectivity index (χ2v) is 4.85. The van der Waals surface area contributed by atoms with Crippen molar-refractivity contribution in [1.82, 2.24) is 0 Å². The van der Waals surface area contributed by atoms with Gasteiger partial charge in [0.05, 0.1) is 0 Å². The van der Waals surface area contributed by atoms with Gasteiger partial charge in [0.15, 0.2) is 0 Å². The Kier molecular flexibility index (Phi) is 5.98. The van der Waals surface area contributed by atoms with Crippen molar-refractivity contribution in [3.63, 3.8) is 0 Å². The Morgan fingerprint density at radius 1 is 1.14 bits per heavy atom. The normalized spacial score (nSPS) is 26.4. The number of allylic oxidation sites excluding steroid dienone is 2. The van der Waals surface area contributed by atoms with Crippen molar-refractivity contribution >= 4 is 0 Å². The maximum Gasteiger partial charge on any atom is -0.0320 e. The van der Waals surface area contributed by atoms with E-state index in [2.05, 4.69) is 19.9 Å². The van der Waals surface area contributed by atoms with Gasteiger partial charge in [0.2, 0.25) is 0 Å². The quantitative estimate of drug-likeness (QED) is 0.510. The summed E-state index contributed by atoms with van der Waals surface area (Å²) in [5.41, 5.74) is 1.71. The molecule has 0 saturated carbocycles. The van der Waals surface area contributed by atoms with Crippen LogP contribution in [0, 0.1) is 5.92 Å². The van der Waals surface area contributed by atoms with Gasteiger partial charge in [-0.1, -0.05) is 51.2 Å². The molecule has 0 aromatic rings. The van der Waals surface area contributed by atoms with Crippen LogP contribution in [0.2, 0.25) is 0 Å². The molecular formula is C14H26. The van der Waals surface area contributed by atoms with E-state index in [1.807, 2.05) is 0 Å². The second kappa shape index (κ2) is 7.09. The van der Waals surface area contributed by atoms with Crippen LogP contribution in [0.15, 0.2) is 11.6 Å². The Bertz CT molecular complexity index is 167. The van der Waals surface area contributed by atoms with Crippen LogP contribution in [0.1, 0.15) is 71.6 Å². The average Bonchev–Trinajstić information content (AvgIpc) is 2.23. The third kappa shape index (κ3) is 4.83. The Morgan fingerprint density at radius 2 is 1.93 bits per heavy atom. The first kappa shape index (κ1) is 11.8. The van der Waals surface area contributed by atoms with E-state index in [9.17, 15) is 0 Å². The molecule has 0 aromatic heterocycles. The summed E-state index contributed by atoms with van der Waals surface area (Å²) < 4.78 is 0. The highest BCUT2D eigenvalue weighted by Gasteiger charge is 2.03. The van der Waals surface area contributed by atoms with E-state index in [1.54, 1.807) is 5.57 Å². The molecule has 0 bridgehead atoms. The molecule has 1 unspecified atom stereocenters. The fraction of sp³-hybridized carbons (Fsp3) is 0.857. The molecule has 0 heteroatoms. The minimum Gasteiger partial charge on any atom is -0.0853 e. The third-order valence-electron chi connectivity index (χ3n) is 3.49. The van der Waals surface area contributed by atoms with Crippen molar-refractivity contribution in [1.29, 1.82) is 0 Å². The lowest BCUT2D eigenvalue weighted by atomic mass is 9.98. The van der Waals surface area contributed by atoms with Crippen LogP contribution in [-0.4, -0.2) is 0 Å². The summed E-state index contributed by atoms with van der Waals surface area (Å²) in [6.07, 6.45) is 15.1. The Labute approximate surface area is 89.8 Å². The van der Waals surface area contributed by atoms with Gasteiger partial charge in [0, 0.05) is 0 Å². The van der Waals surface area contributed by atoms with Crippen LogP contribution in [0.4, 0.5) is 0 Å². The summed E-state index contributed by atoms with van der Waals surface area (Å²) >= 11 is 0. The molecule has 0 aromatic carbocycles. The van der Waals surface area contributed by atoms with Gasteiger partial charge >= 0.3 is 0 Å². The van der Waals surface area contributed by atoms with Gasteiger partial charge in [-0.05, 0) is 38.0 Å². The van der Waals surface area contributed by atoms with Crippen molar-refractivity contribution in [2.24, 2.45) is 5.92 Å². The zero-order valence-electron chi connectivity index (χ0n) is 10.0. The van der Waals surface area contributed by atoms with Gasteiger partial charge in [-0.25, -0.2) is 0 Å². The third-order valence-corrected chi connectivity index (χ3v) is 3.49. The summed E-state index contributed by atoms with van der Waals surface area (Å²) in [5, 5.41) is 0. The predicted octanol–water partition coefficient (Wildman–Crippen LogP) is 5.09. The molecule has 0 saturated heterocycles. The SMILES string of the molecule is CCC1=CCCC(C)CCCCCC1. The van der Waals surface area contributed by atoms with E-state index in [1.165, 1.54) is 57.8 Å². The fourth-order valence-electron chi connectivity index (χ4n) is 2.34. The standard InChI is InChI=1S/C14H26/c1-3-14-11-7-5-4-6-9-13(2)10-8-12-14/h12-13H,3-11H2,1-2H3. The van der Waals surface area contributed by atoms with E-state index in [-0.39, 0.29) is 0 Å². The minimum atomic E-state index is 0.947. The molecule has 0 aliphatic heterocycles. The van der Waals surface area contributed by atoms with Gasteiger partial charge in [0.1, 0.15) is 0 Å². The highest BCUT2D eigenvalue weighted by atomic mass is 14.1. The fourth-order valence-corrected chi connectivity index (χ4v) is 2.34. The monoisotopic (exact) mass is 194 g/mol. The first-order chi connectivity index (χ1) is 6.83. The number of hydrogen-bond acceptors (Lipinski definition) is 0. The van der Waals surface area contributed by atoms with Gasteiger partial charge in [-0.15, -0.1) is 0 Å². The maximum atomic E-state index is 2.52. The summed E-state index contributed by atoms with van der Waals surface area (Å²) in [6.45, 7) is 4.71. The van der Waals surface area contributed by atoms with Gasteiger partial charge < -0.3 is 0 Å². The Hall–Kier alpha value is -0.260. The molecule has 14 heavy (non-hydrogen) atoms. The molecule has 0 heterocycles. The molecule has 0 radical (unpaired) electrons. The van der Waals surface area contributed by atoms with E-state index in [0.717, 1.165) is 5.92 Å². The Balaban J connectivity index is 2.39. The van der Waals surface area contributed by atoms with E-state index in [0.29, 0.717) is 0 Å². The first-order valence-electron chi connectivity index (χ1n) is 6.50. The van der Waals surface area contributed by atoms with E-state index in [4.69, 9.17) is 0 Å². The Morgan fingerprint density at radius 3 is 2.71 bits per heavy atom. The summed E-state index contributed by atoms with van der Waals surface area (Å²) in [4.78, 5) is 0. The van der Waals surface area contributed by atoms with Crippen LogP contribution < -0.4 is 0 Å².